The van der Waals surface area contributed by atoms with Gasteiger partial charge in [-0.2, -0.15) is 0 Å². The second kappa shape index (κ2) is 13.1. The van der Waals surface area contributed by atoms with E-state index >= 15 is 0 Å². The summed E-state index contributed by atoms with van der Waals surface area (Å²) in [7, 11) is 0. The van der Waals surface area contributed by atoms with Crippen molar-refractivity contribution in [3.05, 3.63) is 71.2 Å². The van der Waals surface area contributed by atoms with Crippen molar-refractivity contribution in [2.75, 3.05) is 6.61 Å². The molecule has 5 atom stereocenters. The monoisotopic (exact) mass is 619 g/mol. The number of pyridine rings is 1. The van der Waals surface area contributed by atoms with Gasteiger partial charge in [-0.05, 0) is 29.8 Å². The number of benzene rings is 2. The van der Waals surface area contributed by atoms with Crippen LogP contribution < -0.4 is 10.2 Å². The fraction of sp³-hybridized carbons (Fsp3) is 0.312. The van der Waals surface area contributed by atoms with Crippen LogP contribution in [0.1, 0.15) is 27.7 Å². The number of hydrogen-bond acceptors (Lipinski definition) is 13. The van der Waals surface area contributed by atoms with E-state index in [1.165, 1.54) is 31.4 Å². The Bertz CT molecular complexity index is 1830. The summed E-state index contributed by atoms with van der Waals surface area (Å²) in [5.41, 5.74) is 1.59. The summed E-state index contributed by atoms with van der Waals surface area (Å²) >= 11 is 0. The van der Waals surface area contributed by atoms with E-state index in [1.807, 2.05) is 24.3 Å². The van der Waals surface area contributed by atoms with Crippen LogP contribution in [-0.4, -0.2) is 66.2 Å². The Morgan fingerprint density at radius 2 is 1.53 bits per heavy atom. The molecule has 0 aliphatic carbocycles. The number of rotatable bonds is 8. The van der Waals surface area contributed by atoms with Gasteiger partial charge in [0.15, 0.2) is 17.6 Å². The van der Waals surface area contributed by atoms with Crippen molar-refractivity contribution < 1.29 is 52.0 Å². The Morgan fingerprint density at radius 3 is 2.24 bits per heavy atom. The first-order valence-corrected chi connectivity index (χ1v) is 13.9. The van der Waals surface area contributed by atoms with Crippen molar-refractivity contribution in [3.8, 4) is 16.9 Å². The van der Waals surface area contributed by atoms with Crippen molar-refractivity contribution in [1.29, 1.82) is 0 Å². The molecule has 1 fully saturated rings. The van der Waals surface area contributed by atoms with E-state index in [4.69, 9.17) is 32.8 Å². The maximum absolute atomic E-state index is 13.4. The molecule has 0 spiro atoms. The minimum atomic E-state index is -1.45. The zero-order chi connectivity index (χ0) is 32.2. The highest BCUT2D eigenvalue weighted by atomic mass is 16.7. The minimum absolute atomic E-state index is 0.134. The highest BCUT2D eigenvalue weighted by Gasteiger charge is 2.53. The van der Waals surface area contributed by atoms with Gasteiger partial charge in [-0.1, -0.05) is 18.2 Å². The number of carbonyl (C=O) groups excluding carboxylic acids is 4. The van der Waals surface area contributed by atoms with E-state index in [1.54, 1.807) is 12.3 Å². The van der Waals surface area contributed by atoms with Gasteiger partial charge in [0.25, 0.3) is 0 Å². The fourth-order valence-corrected chi connectivity index (χ4v) is 5.03. The SMILES string of the molecule is CC(=O)OCC1OC(Oc2ccc3c(=O)c(-c4ccc5cccnc5c4)coc3c2)C(OC(C)=O)C(OC(C)=O)C1OC(C)=O. The van der Waals surface area contributed by atoms with Crippen LogP contribution in [0.2, 0.25) is 0 Å². The summed E-state index contributed by atoms with van der Waals surface area (Å²) in [6.07, 6.45) is -3.76. The minimum Gasteiger partial charge on any atom is -0.463 e. The first kappa shape index (κ1) is 31.1. The summed E-state index contributed by atoms with van der Waals surface area (Å²) in [4.78, 5) is 65.5. The van der Waals surface area contributed by atoms with Crippen molar-refractivity contribution >= 4 is 45.7 Å². The van der Waals surface area contributed by atoms with Crippen molar-refractivity contribution in [2.45, 2.75) is 58.4 Å². The lowest BCUT2D eigenvalue weighted by Gasteiger charge is -2.43. The van der Waals surface area contributed by atoms with Crippen LogP contribution in [-0.2, 0) is 42.9 Å². The molecule has 3 heterocycles. The smallest absolute Gasteiger partial charge is 0.303 e. The lowest BCUT2D eigenvalue weighted by atomic mass is 9.98. The zero-order valence-electron chi connectivity index (χ0n) is 24.7. The normalized spacial score (nSPS) is 21.1. The maximum Gasteiger partial charge on any atom is 0.303 e. The van der Waals surface area contributed by atoms with Crippen molar-refractivity contribution in [3.63, 3.8) is 0 Å². The molecular formula is C32H29NO12. The van der Waals surface area contributed by atoms with Crippen LogP contribution in [0, 0.1) is 0 Å². The van der Waals surface area contributed by atoms with Gasteiger partial charge in [0.05, 0.1) is 16.5 Å². The van der Waals surface area contributed by atoms with E-state index in [-0.39, 0.29) is 22.1 Å². The van der Waals surface area contributed by atoms with E-state index in [0.29, 0.717) is 11.1 Å². The van der Waals surface area contributed by atoms with Gasteiger partial charge in [-0.15, -0.1) is 0 Å². The lowest BCUT2D eigenvalue weighted by Crippen LogP contribution is -2.63. The number of aromatic nitrogens is 1. The molecule has 2 aromatic carbocycles. The Hall–Kier alpha value is -5.30. The van der Waals surface area contributed by atoms with Crippen LogP contribution >= 0.6 is 0 Å². The number of carbonyl (C=O) groups is 4. The molecule has 0 saturated carbocycles. The van der Waals surface area contributed by atoms with E-state index < -0.39 is 61.2 Å². The van der Waals surface area contributed by atoms with Gasteiger partial charge in [0.1, 0.15) is 30.3 Å². The lowest BCUT2D eigenvalue weighted by molar-refractivity contribution is -0.288. The maximum atomic E-state index is 13.4. The van der Waals surface area contributed by atoms with E-state index in [2.05, 4.69) is 4.98 Å². The first-order chi connectivity index (χ1) is 21.5. The molecule has 0 amide bonds. The number of fused-ring (bicyclic) bond motifs is 2. The molecule has 1 aliphatic heterocycles. The van der Waals surface area contributed by atoms with Crippen LogP contribution in [0.4, 0.5) is 0 Å². The van der Waals surface area contributed by atoms with Gasteiger partial charge in [0, 0.05) is 45.3 Å². The standard InChI is InChI=1S/C32H29NO12/c1-16(34)39-15-27-29(41-17(2)35)30(42-18(3)36)31(43-19(4)37)32(45-27)44-22-9-10-23-26(13-22)40-14-24(28(23)38)21-8-7-20-6-5-11-33-25(20)12-21/h5-14,27,29-32H,15H2,1-4H3. The third kappa shape index (κ3) is 7.10. The summed E-state index contributed by atoms with van der Waals surface area (Å²) in [5.74, 6) is -2.80. The second-order valence-electron chi connectivity index (χ2n) is 10.2. The summed E-state index contributed by atoms with van der Waals surface area (Å²) < 4.78 is 39.2. The summed E-state index contributed by atoms with van der Waals surface area (Å²) in [5, 5.41) is 1.19. The van der Waals surface area contributed by atoms with E-state index in [0.717, 1.165) is 31.7 Å². The summed E-state index contributed by atoms with van der Waals surface area (Å²) in [6, 6.07) is 13.7. The molecule has 234 valence electrons. The average Bonchev–Trinajstić information content (AvgIpc) is 2.98. The highest BCUT2D eigenvalue weighted by Crippen LogP contribution is 2.32. The highest BCUT2D eigenvalue weighted by molar-refractivity contribution is 5.87. The van der Waals surface area contributed by atoms with Gasteiger partial charge < -0.3 is 32.8 Å². The Balaban J connectivity index is 1.48. The largest absolute Gasteiger partial charge is 0.463 e. The number of esters is 4. The van der Waals surface area contributed by atoms with Crippen molar-refractivity contribution in [1.82, 2.24) is 4.98 Å². The molecule has 0 radical (unpaired) electrons. The molecular weight excluding hydrogens is 590 g/mol. The second-order valence-corrected chi connectivity index (χ2v) is 10.2. The van der Waals surface area contributed by atoms with Crippen LogP contribution in [0.3, 0.4) is 0 Å². The Labute approximate surface area is 255 Å². The molecule has 45 heavy (non-hydrogen) atoms. The molecule has 2 aromatic heterocycles. The molecule has 0 N–H and O–H groups in total. The van der Waals surface area contributed by atoms with Gasteiger partial charge in [-0.25, -0.2) is 0 Å². The molecule has 0 bridgehead atoms. The van der Waals surface area contributed by atoms with Crippen molar-refractivity contribution in [2.24, 2.45) is 0 Å². The Kier molecular flexibility index (Phi) is 9.09. The molecule has 1 saturated heterocycles. The molecule has 5 unspecified atom stereocenters. The van der Waals surface area contributed by atoms with E-state index in [9.17, 15) is 24.0 Å². The third-order valence-corrected chi connectivity index (χ3v) is 6.86. The predicted octanol–water partition coefficient (Wildman–Crippen LogP) is 3.47. The number of hydrogen-bond donors (Lipinski definition) is 0. The number of ether oxygens (including phenoxy) is 6. The molecule has 5 rings (SSSR count). The van der Waals surface area contributed by atoms with Crippen LogP contribution in [0.15, 0.2) is 70.2 Å². The van der Waals surface area contributed by atoms with Gasteiger partial charge in [0.2, 0.25) is 12.4 Å². The topological polar surface area (TPSA) is 167 Å². The van der Waals surface area contributed by atoms with Gasteiger partial charge in [-0.3, -0.25) is 29.0 Å². The molecule has 4 aromatic rings. The number of nitrogens with zero attached hydrogens (tertiary/aromatic N) is 1. The fourth-order valence-electron chi connectivity index (χ4n) is 5.03. The predicted molar refractivity (Wildman–Crippen MR) is 156 cm³/mol. The third-order valence-electron chi connectivity index (χ3n) is 6.86. The zero-order valence-corrected chi connectivity index (χ0v) is 24.7. The van der Waals surface area contributed by atoms with Crippen LogP contribution in [0.5, 0.6) is 5.75 Å². The summed E-state index contributed by atoms with van der Waals surface area (Å²) in [6.45, 7) is 4.14. The first-order valence-electron chi connectivity index (χ1n) is 13.9. The quantitative estimate of drug-likeness (QED) is 0.208. The molecule has 13 nitrogen and oxygen atoms in total. The van der Waals surface area contributed by atoms with Gasteiger partial charge >= 0.3 is 23.9 Å². The van der Waals surface area contributed by atoms with Crippen LogP contribution in [0.25, 0.3) is 33.0 Å². The molecule has 13 heteroatoms. The average molecular weight is 620 g/mol. The molecule has 1 aliphatic rings. The Morgan fingerprint density at radius 1 is 0.822 bits per heavy atom.